The van der Waals surface area contributed by atoms with Crippen molar-refractivity contribution in [3.8, 4) is 11.3 Å². The van der Waals surface area contributed by atoms with Gasteiger partial charge in [0, 0.05) is 17.7 Å². The molecule has 6 nitrogen and oxygen atoms in total. The SMILES string of the molecule is O=[N+]([O-])c1ccc(N/N=C\c2ccc(-c3cccc(F)c3)o2)cc1. The molecule has 7 heteroatoms. The van der Waals surface area contributed by atoms with E-state index in [1.54, 1.807) is 36.4 Å². The summed E-state index contributed by atoms with van der Waals surface area (Å²) in [6.07, 6.45) is 1.46. The smallest absolute Gasteiger partial charge is 0.269 e. The summed E-state index contributed by atoms with van der Waals surface area (Å²) in [5.74, 6) is 0.689. The highest BCUT2D eigenvalue weighted by molar-refractivity contribution is 5.78. The van der Waals surface area contributed by atoms with Gasteiger partial charge in [0.2, 0.25) is 0 Å². The number of halogens is 1. The first kappa shape index (κ1) is 15.4. The van der Waals surface area contributed by atoms with E-state index in [9.17, 15) is 14.5 Å². The number of nitro groups is 1. The van der Waals surface area contributed by atoms with Crippen molar-refractivity contribution in [2.24, 2.45) is 5.10 Å². The minimum Gasteiger partial charge on any atom is -0.455 e. The molecular weight excluding hydrogens is 313 g/mol. The highest BCUT2D eigenvalue weighted by Gasteiger charge is 2.05. The number of nitrogens with one attached hydrogen (secondary N) is 1. The lowest BCUT2D eigenvalue weighted by Gasteiger charge is -1.98. The zero-order valence-corrected chi connectivity index (χ0v) is 12.3. The van der Waals surface area contributed by atoms with Crippen LogP contribution in [0.25, 0.3) is 11.3 Å². The predicted octanol–water partition coefficient (Wildman–Crippen LogP) is 4.44. The van der Waals surface area contributed by atoms with Gasteiger partial charge in [0.05, 0.1) is 16.8 Å². The van der Waals surface area contributed by atoms with Crippen molar-refractivity contribution < 1.29 is 13.7 Å². The van der Waals surface area contributed by atoms with Crippen LogP contribution >= 0.6 is 0 Å². The molecule has 0 bridgehead atoms. The van der Waals surface area contributed by atoms with Crippen LogP contribution in [0.1, 0.15) is 5.76 Å². The first-order chi connectivity index (χ1) is 11.6. The van der Waals surface area contributed by atoms with E-state index in [1.807, 2.05) is 0 Å². The molecule has 0 radical (unpaired) electrons. The van der Waals surface area contributed by atoms with Crippen molar-refractivity contribution in [3.05, 3.63) is 82.4 Å². The molecule has 0 saturated carbocycles. The zero-order chi connectivity index (χ0) is 16.9. The maximum Gasteiger partial charge on any atom is 0.269 e. The van der Waals surface area contributed by atoms with Gasteiger partial charge in [0.25, 0.3) is 5.69 Å². The van der Waals surface area contributed by atoms with Gasteiger partial charge < -0.3 is 4.42 Å². The molecular formula is C17H12FN3O3. The monoisotopic (exact) mass is 325 g/mol. The van der Waals surface area contributed by atoms with Gasteiger partial charge in [-0.05, 0) is 36.4 Å². The number of anilines is 1. The van der Waals surface area contributed by atoms with Crippen molar-refractivity contribution in [2.75, 3.05) is 5.43 Å². The number of hydrogen-bond acceptors (Lipinski definition) is 5. The number of benzene rings is 2. The molecule has 1 aromatic heterocycles. The molecule has 3 rings (SSSR count). The maximum absolute atomic E-state index is 13.2. The van der Waals surface area contributed by atoms with Crippen molar-refractivity contribution in [1.82, 2.24) is 0 Å². The highest BCUT2D eigenvalue weighted by Crippen LogP contribution is 2.22. The quantitative estimate of drug-likeness (QED) is 0.427. The summed E-state index contributed by atoms with van der Waals surface area (Å²) in [6.45, 7) is 0. The van der Waals surface area contributed by atoms with Crippen LogP contribution in [0.4, 0.5) is 15.8 Å². The Labute approximate surface area is 136 Å². The lowest BCUT2D eigenvalue weighted by atomic mass is 10.2. The van der Waals surface area contributed by atoms with E-state index in [1.165, 1.54) is 30.5 Å². The Balaban J connectivity index is 1.66. The van der Waals surface area contributed by atoms with Crippen molar-refractivity contribution in [1.29, 1.82) is 0 Å². The Morgan fingerprint density at radius 3 is 2.62 bits per heavy atom. The van der Waals surface area contributed by atoms with Crippen LogP contribution in [-0.4, -0.2) is 11.1 Å². The summed E-state index contributed by atoms with van der Waals surface area (Å²) >= 11 is 0. The van der Waals surface area contributed by atoms with Gasteiger partial charge in [-0.3, -0.25) is 15.5 Å². The minimum absolute atomic E-state index is 0.00954. The average Bonchev–Trinajstić information content (AvgIpc) is 3.04. The summed E-state index contributed by atoms with van der Waals surface area (Å²) in [6, 6.07) is 15.4. The molecule has 0 saturated heterocycles. The van der Waals surface area contributed by atoms with Gasteiger partial charge in [0.1, 0.15) is 17.3 Å². The summed E-state index contributed by atoms with van der Waals surface area (Å²) in [5, 5.41) is 14.6. The van der Waals surface area contributed by atoms with Gasteiger partial charge in [-0.2, -0.15) is 5.10 Å². The van der Waals surface area contributed by atoms with Gasteiger partial charge >= 0.3 is 0 Å². The lowest BCUT2D eigenvalue weighted by molar-refractivity contribution is -0.384. The van der Waals surface area contributed by atoms with Gasteiger partial charge in [0.15, 0.2) is 0 Å². The number of furan rings is 1. The molecule has 24 heavy (non-hydrogen) atoms. The highest BCUT2D eigenvalue weighted by atomic mass is 19.1. The second kappa shape index (κ2) is 6.74. The molecule has 0 spiro atoms. The Hall–Kier alpha value is -3.48. The number of non-ortho nitro benzene ring substituents is 1. The zero-order valence-electron chi connectivity index (χ0n) is 12.3. The largest absolute Gasteiger partial charge is 0.455 e. The van der Waals surface area contributed by atoms with Crippen LogP contribution in [0.3, 0.4) is 0 Å². The van der Waals surface area contributed by atoms with E-state index in [0.29, 0.717) is 22.8 Å². The van der Waals surface area contributed by atoms with Crippen molar-refractivity contribution in [2.45, 2.75) is 0 Å². The summed E-state index contributed by atoms with van der Waals surface area (Å²) in [4.78, 5) is 10.1. The predicted molar refractivity (Wildman–Crippen MR) is 88.4 cm³/mol. The van der Waals surface area contributed by atoms with E-state index in [4.69, 9.17) is 4.42 Å². The van der Waals surface area contributed by atoms with Gasteiger partial charge in [-0.15, -0.1) is 0 Å². The molecule has 0 atom stereocenters. The minimum atomic E-state index is -0.468. The van der Waals surface area contributed by atoms with E-state index < -0.39 is 4.92 Å². The van der Waals surface area contributed by atoms with Gasteiger partial charge in [-0.1, -0.05) is 12.1 Å². The first-order valence-corrected chi connectivity index (χ1v) is 7.01. The van der Waals surface area contributed by atoms with Crippen LogP contribution in [0.5, 0.6) is 0 Å². The van der Waals surface area contributed by atoms with Crippen LogP contribution in [0.2, 0.25) is 0 Å². The number of nitrogens with zero attached hydrogens (tertiary/aromatic N) is 2. The second-order valence-electron chi connectivity index (χ2n) is 4.89. The third-order valence-corrected chi connectivity index (χ3v) is 3.20. The van der Waals surface area contributed by atoms with E-state index in [-0.39, 0.29) is 11.5 Å². The molecule has 0 unspecified atom stereocenters. The Bertz CT molecular complexity index is 888. The third kappa shape index (κ3) is 3.64. The van der Waals surface area contributed by atoms with E-state index >= 15 is 0 Å². The van der Waals surface area contributed by atoms with Gasteiger partial charge in [-0.25, -0.2) is 4.39 Å². The van der Waals surface area contributed by atoms with Crippen molar-refractivity contribution >= 4 is 17.6 Å². The van der Waals surface area contributed by atoms with Crippen molar-refractivity contribution in [3.63, 3.8) is 0 Å². The molecule has 0 amide bonds. The molecule has 0 aliphatic rings. The molecule has 0 fully saturated rings. The molecule has 3 aromatic rings. The van der Waals surface area contributed by atoms with Crippen LogP contribution < -0.4 is 5.43 Å². The normalized spacial score (nSPS) is 10.9. The maximum atomic E-state index is 13.2. The number of hydrogen-bond donors (Lipinski definition) is 1. The fraction of sp³-hybridized carbons (Fsp3) is 0. The van der Waals surface area contributed by atoms with Crippen LogP contribution in [0, 0.1) is 15.9 Å². The lowest BCUT2D eigenvalue weighted by Crippen LogP contribution is -1.91. The fourth-order valence-electron chi connectivity index (χ4n) is 2.05. The molecule has 2 aromatic carbocycles. The molecule has 1 N–H and O–H groups in total. The average molecular weight is 325 g/mol. The summed E-state index contributed by atoms with van der Waals surface area (Å²) < 4.78 is 18.8. The fourth-order valence-corrected chi connectivity index (χ4v) is 2.05. The number of nitro benzene ring substituents is 1. The molecule has 120 valence electrons. The van der Waals surface area contributed by atoms with E-state index in [2.05, 4.69) is 10.5 Å². The summed E-state index contributed by atoms with van der Waals surface area (Å²) in [5.41, 5.74) is 4.00. The Kier molecular flexibility index (Phi) is 4.33. The topological polar surface area (TPSA) is 80.7 Å². The number of hydrazone groups is 1. The van der Waals surface area contributed by atoms with Crippen LogP contribution in [0.15, 0.2) is 70.2 Å². The second-order valence-corrected chi connectivity index (χ2v) is 4.89. The molecule has 0 aliphatic heterocycles. The standard InChI is InChI=1S/C17H12FN3O3/c18-13-3-1-2-12(10-13)17-9-8-16(24-17)11-19-20-14-4-6-15(7-5-14)21(22)23/h1-11,20H/b19-11-. The molecule has 0 aliphatic carbocycles. The Morgan fingerprint density at radius 2 is 1.92 bits per heavy atom. The first-order valence-electron chi connectivity index (χ1n) is 7.01. The third-order valence-electron chi connectivity index (χ3n) is 3.20. The van der Waals surface area contributed by atoms with E-state index in [0.717, 1.165) is 0 Å². The Morgan fingerprint density at radius 1 is 1.12 bits per heavy atom. The molecule has 1 heterocycles. The summed E-state index contributed by atoms with van der Waals surface area (Å²) in [7, 11) is 0. The van der Waals surface area contributed by atoms with Crippen LogP contribution in [-0.2, 0) is 0 Å². The number of rotatable bonds is 5.